The normalized spacial score (nSPS) is 13.7. The van der Waals surface area contributed by atoms with E-state index in [-0.39, 0.29) is 11.8 Å². The van der Waals surface area contributed by atoms with E-state index in [1.54, 1.807) is 7.11 Å². The Kier molecular flexibility index (Phi) is 10.6. The van der Waals surface area contributed by atoms with Gasteiger partial charge in [-0.2, -0.15) is 0 Å². The SMILES string of the molecule is CCCNCCCS(=O)(=O)NC(CCC)COC. The second kappa shape index (κ2) is 10.7. The molecule has 0 saturated carbocycles. The standard InChI is InChI=1S/C12H28N2O3S/c1-4-7-12(11-17-3)14-18(15,16)10-6-9-13-8-5-2/h12-14H,4-11H2,1-3H3. The number of hydrogen-bond donors (Lipinski definition) is 2. The monoisotopic (exact) mass is 280 g/mol. The molecule has 0 spiro atoms. The molecular formula is C12H28N2O3S. The van der Waals surface area contributed by atoms with Crippen LogP contribution in [0.4, 0.5) is 0 Å². The lowest BCUT2D eigenvalue weighted by Gasteiger charge is -2.17. The van der Waals surface area contributed by atoms with Gasteiger partial charge in [0.15, 0.2) is 0 Å². The second-order valence-corrected chi connectivity index (χ2v) is 6.35. The summed E-state index contributed by atoms with van der Waals surface area (Å²) < 4.78 is 31.4. The zero-order valence-corrected chi connectivity index (χ0v) is 12.7. The molecule has 0 rings (SSSR count). The van der Waals surface area contributed by atoms with Crippen molar-refractivity contribution in [1.29, 1.82) is 0 Å². The lowest BCUT2D eigenvalue weighted by Crippen LogP contribution is -2.39. The fraction of sp³-hybridized carbons (Fsp3) is 1.00. The minimum atomic E-state index is -3.18. The van der Waals surface area contributed by atoms with Crippen LogP contribution in [0.1, 0.15) is 39.5 Å². The van der Waals surface area contributed by atoms with Gasteiger partial charge in [-0.15, -0.1) is 0 Å². The van der Waals surface area contributed by atoms with Gasteiger partial charge in [-0.1, -0.05) is 20.3 Å². The van der Waals surface area contributed by atoms with E-state index < -0.39 is 10.0 Å². The number of nitrogens with one attached hydrogen (secondary N) is 2. The average Bonchev–Trinajstić information content (AvgIpc) is 2.29. The summed E-state index contributed by atoms with van der Waals surface area (Å²) in [4.78, 5) is 0. The van der Waals surface area contributed by atoms with E-state index in [1.807, 2.05) is 6.92 Å². The molecule has 1 unspecified atom stereocenters. The first-order valence-electron chi connectivity index (χ1n) is 6.75. The van der Waals surface area contributed by atoms with Crippen LogP contribution < -0.4 is 10.0 Å². The molecule has 2 N–H and O–H groups in total. The van der Waals surface area contributed by atoms with Gasteiger partial charge in [-0.05, 0) is 32.4 Å². The molecule has 5 nitrogen and oxygen atoms in total. The van der Waals surface area contributed by atoms with E-state index in [9.17, 15) is 8.42 Å². The van der Waals surface area contributed by atoms with Gasteiger partial charge in [0.05, 0.1) is 12.4 Å². The first-order valence-corrected chi connectivity index (χ1v) is 8.40. The van der Waals surface area contributed by atoms with Crippen molar-refractivity contribution in [2.45, 2.75) is 45.6 Å². The van der Waals surface area contributed by atoms with E-state index in [2.05, 4.69) is 17.0 Å². The molecule has 0 amide bonds. The van der Waals surface area contributed by atoms with Gasteiger partial charge >= 0.3 is 0 Å². The van der Waals surface area contributed by atoms with Crippen molar-refractivity contribution in [3.63, 3.8) is 0 Å². The van der Waals surface area contributed by atoms with Crippen LogP contribution in [-0.4, -0.2) is 47.0 Å². The van der Waals surface area contributed by atoms with Crippen molar-refractivity contribution >= 4 is 10.0 Å². The predicted octanol–water partition coefficient (Wildman–Crippen LogP) is 1.11. The maximum Gasteiger partial charge on any atom is 0.211 e. The summed E-state index contributed by atoms with van der Waals surface area (Å²) in [7, 11) is -1.59. The van der Waals surface area contributed by atoms with Gasteiger partial charge in [-0.3, -0.25) is 0 Å². The minimum Gasteiger partial charge on any atom is -0.383 e. The molecule has 0 aliphatic heterocycles. The summed E-state index contributed by atoms with van der Waals surface area (Å²) in [5.74, 6) is 0.174. The molecule has 0 aromatic heterocycles. The molecular weight excluding hydrogens is 252 g/mol. The number of rotatable bonds is 12. The molecule has 6 heteroatoms. The van der Waals surface area contributed by atoms with Crippen LogP contribution in [0, 0.1) is 0 Å². The molecule has 0 aromatic rings. The molecule has 0 fully saturated rings. The molecule has 0 aliphatic carbocycles. The fourth-order valence-corrected chi connectivity index (χ4v) is 3.06. The van der Waals surface area contributed by atoms with Crippen molar-refractivity contribution < 1.29 is 13.2 Å². The lowest BCUT2D eigenvalue weighted by atomic mass is 10.2. The van der Waals surface area contributed by atoms with Gasteiger partial charge in [-0.25, -0.2) is 13.1 Å². The topological polar surface area (TPSA) is 67.4 Å². The van der Waals surface area contributed by atoms with Gasteiger partial charge in [0.2, 0.25) is 10.0 Å². The smallest absolute Gasteiger partial charge is 0.211 e. The van der Waals surface area contributed by atoms with Crippen LogP contribution in [0.5, 0.6) is 0 Å². The van der Waals surface area contributed by atoms with Crippen molar-refractivity contribution in [2.75, 3.05) is 32.6 Å². The van der Waals surface area contributed by atoms with E-state index in [0.29, 0.717) is 13.0 Å². The predicted molar refractivity (Wildman–Crippen MR) is 75.3 cm³/mol. The maximum absolute atomic E-state index is 11.8. The lowest BCUT2D eigenvalue weighted by molar-refractivity contribution is 0.171. The zero-order valence-electron chi connectivity index (χ0n) is 11.9. The highest BCUT2D eigenvalue weighted by atomic mass is 32.2. The van der Waals surface area contributed by atoms with E-state index in [1.165, 1.54) is 0 Å². The highest BCUT2D eigenvalue weighted by molar-refractivity contribution is 7.89. The Morgan fingerprint density at radius 2 is 1.89 bits per heavy atom. The van der Waals surface area contributed by atoms with Gasteiger partial charge in [0.25, 0.3) is 0 Å². The van der Waals surface area contributed by atoms with Crippen LogP contribution in [0.15, 0.2) is 0 Å². The van der Waals surface area contributed by atoms with Crippen LogP contribution >= 0.6 is 0 Å². The van der Waals surface area contributed by atoms with Crippen molar-refractivity contribution in [2.24, 2.45) is 0 Å². The van der Waals surface area contributed by atoms with Gasteiger partial charge in [0, 0.05) is 13.2 Å². The summed E-state index contributed by atoms with van der Waals surface area (Å²) in [6.45, 7) is 6.24. The Morgan fingerprint density at radius 3 is 2.44 bits per heavy atom. The molecule has 110 valence electrons. The number of sulfonamides is 1. The van der Waals surface area contributed by atoms with E-state index in [0.717, 1.165) is 32.4 Å². The van der Waals surface area contributed by atoms with Gasteiger partial charge < -0.3 is 10.1 Å². The largest absolute Gasteiger partial charge is 0.383 e. The number of ether oxygens (including phenoxy) is 1. The van der Waals surface area contributed by atoms with Crippen molar-refractivity contribution in [3.8, 4) is 0 Å². The van der Waals surface area contributed by atoms with E-state index in [4.69, 9.17) is 4.74 Å². The molecule has 0 heterocycles. The summed E-state index contributed by atoms with van der Waals surface area (Å²) in [6.07, 6.45) is 3.45. The number of methoxy groups -OCH3 is 1. The minimum absolute atomic E-state index is 0.103. The third-order valence-corrected chi connectivity index (χ3v) is 4.06. The zero-order chi connectivity index (χ0) is 13.9. The third-order valence-electron chi connectivity index (χ3n) is 2.54. The Labute approximate surface area is 112 Å². The van der Waals surface area contributed by atoms with Crippen LogP contribution in [0.25, 0.3) is 0 Å². The summed E-state index contributed by atoms with van der Waals surface area (Å²) in [5.41, 5.74) is 0. The van der Waals surface area contributed by atoms with Gasteiger partial charge in [0.1, 0.15) is 0 Å². The fourth-order valence-electron chi connectivity index (χ4n) is 1.73. The summed E-state index contributed by atoms with van der Waals surface area (Å²) in [5, 5.41) is 3.19. The third kappa shape index (κ3) is 9.82. The average molecular weight is 280 g/mol. The first kappa shape index (κ1) is 17.8. The quantitative estimate of drug-likeness (QED) is 0.526. The molecule has 0 aromatic carbocycles. The Morgan fingerprint density at radius 1 is 1.17 bits per heavy atom. The van der Waals surface area contributed by atoms with Crippen molar-refractivity contribution in [1.82, 2.24) is 10.0 Å². The molecule has 0 radical (unpaired) electrons. The molecule has 0 bridgehead atoms. The molecule has 18 heavy (non-hydrogen) atoms. The number of hydrogen-bond acceptors (Lipinski definition) is 4. The van der Waals surface area contributed by atoms with Crippen LogP contribution in [-0.2, 0) is 14.8 Å². The van der Waals surface area contributed by atoms with Crippen molar-refractivity contribution in [3.05, 3.63) is 0 Å². The first-order chi connectivity index (χ1) is 8.55. The summed E-state index contributed by atoms with van der Waals surface area (Å²) in [6, 6.07) is -0.103. The second-order valence-electron chi connectivity index (χ2n) is 4.48. The van der Waals surface area contributed by atoms with E-state index >= 15 is 0 Å². The highest BCUT2D eigenvalue weighted by Crippen LogP contribution is 2.00. The van der Waals surface area contributed by atoms with Crippen LogP contribution in [0.3, 0.4) is 0 Å². The Balaban J connectivity index is 3.95. The highest BCUT2D eigenvalue weighted by Gasteiger charge is 2.16. The summed E-state index contributed by atoms with van der Waals surface area (Å²) >= 11 is 0. The van der Waals surface area contributed by atoms with Crippen LogP contribution in [0.2, 0.25) is 0 Å². The molecule has 1 atom stereocenters. The molecule has 0 aliphatic rings. The maximum atomic E-state index is 11.8. The Bertz CT molecular complexity index is 275. The molecule has 0 saturated heterocycles. The Hall–Kier alpha value is -0.170.